The molecule has 3 aromatic rings. The van der Waals surface area contributed by atoms with Gasteiger partial charge in [-0.05, 0) is 55.8 Å². The molecule has 1 amide bonds. The Labute approximate surface area is 219 Å². The van der Waals surface area contributed by atoms with Gasteiger partial charge in [-0.15, -0.1) is 12.4 Å². The second kappa shape index (κ2) is 12.5. The molecule has 2 heterocycles. The number of carbonyl (C=O) groups excluding carboxylic acids is 2. The van der Waals surface area contributed by atoms with E-state index >= 15 is 0 Å². The molecular weight excluding hydrogens is 476 g/mol. The Balaban J connectivity index is 0.00000361. The maximum absolute atomic E-state index is 12.7. The SMILES string of the molecule is CC(C)OC(=O)c1cccnc1N1CCN(Cc2ccc(N(C)C(=O)c3ccccc3)cc2)CC1.Cl. The zero-order valence-corrected chi connectivity index (χ0v) is 21.8. The van der Waals surface area contributed by atoms with E-state index in [-0.39, 0.29) is 30.4 Å². The number of pyridine rings is 1. The van der Waals surface area contributed by atoms with Gasteiger partial charge >= 0.3 is 5.97 Å². The Bertz CT molecular complexity index is 1150. The fourth-order valence-corrected chi connectivity index (χ4v) is 4.18. The molecule has 7 nitrogen and oxygen atoms in total. The first-order valence-corrected chi connectivity index (χ1v) is 12.0. The molecular formula is C28H33ClN4O3. The van der Waals surface area contributed by atoms with Crippen LogP contribution in [0, 0.1) is 0 Å². The summed E-state index contributed by atoms with van der Waals surface area (Å²) in [5.74, 6) is 0.329. The fourth-order valence-electron chi connectivity index (χ4n) is 4.18. The van der Waals surface area contributed by atoms with Crippen molar-refractivity contribution >= 4 is 35.8 Å². The van der Waals surface area contributed by atoms with E-state index in [1.54, 1.807) is 30.3 Å². The number of aromatic nitrogens is 1. The standard InChI is InChI=1S/C28H32N4O3.ClH/c1-21(2)35-28(34)25-10-7-15-29-26(25)32-18-16-31(17-19-32)20-22-11-13-24(14-12-22)30(3)27(33)23-8-5-4-6-9-23;/h4-15,21H,16-20H2,1-3H3;1H. The minimum Gasteiger partial charge on any atom is -0.459 e. The highest BCUT2D eigenvalue weighted by molar-refractivity contribution is 6.05. The van der Waals surface area contributed by atoms with Crippen molar-refractivity contribution in [2.24, 2.45) is 0 Å². The van der Waals surface area contributed by atoms with E-state index in [0.29, 0.717) is 16.9 Å². The highest BCUT2D eigenvalue weighted by Gasteiger charge is 2.24. The molecule has 0 N–H and O–H groups in total. The molecule has 0 saturated carbocycles. The van der Waals surface area contributed by atoms with Crippen molar-refractivity contribution in [2.45, 2.75) is 26.5 Å². The Hall–Kier alpha value is -3.42. The average molecular weight is 509 g/mol. The minimum absolute atomic E-state index is 0. The number of esters is 1. The largest absolute Gasteiger partial charge is 0.459 e. The van der Waals surface area contributed by atoms with E-state index < -0.39 is 0 Å². The number of anilines is 2. The van der Waals surface area contributed by atoms with Crippen LogP contribution in [0.4, 0.5) is 11.5 Å². The number of piperazine rings is 1. The van der Waals surface area contributed by atoms with Gasteiger partial charge in [0.25, 0.3) is 5.91 Å². The first-order chi connectivity index (χ1) is 16.9. The number of ether oxygens (including phenoxy) is 1. The maximum Gasteiger partial charge on any atom is 0.342 e. The highest BCUT2D eigenvalue weighted by atomic mass is 35.5. The lowest BCUT2D eigenvalue weighted by atomic mass is 10.1. The number of amides is 1. The van der Waals surface area contributed by atoms with Crippen LogP contribution < -0.4 is 9.80 Å². The van der Waals surface area contributed by atoms with Crippen LogP contribution in [0.2, 0.25) is 0 Å². The molecule has 1 saturated heterocycles. The first-order valence-electron chi connectivity index (χ1n) is 12.0. The van der Waals surface area contributed by atoms with Crippen molar-refractivity contribution in [3.05, 3.63) is 89.6 Å². The molecule has 190 valence electrons. The van der Waals surface area contributed by atoms with E-state index in [0.717, 1.165) is 38.4 Å². The molecule has 0 unspecified atom stereocenters. The Morgan fingerprint density at radius 1 is 0.944 bits per heavy atom. The number of halogens is 1. The summed E-state index contributed by atoms with van der Waals surface area (Å²) in [4.78, 5) is 35.9. The number of hydrogen-bond acceptors (Lipinski definition) is 6. The molecule has 8 heteroatoms. The average Bonchev–Trinajstić information content (AvgIpc) is 2.89. The summed E-state index contributed by atoms with van der Waals surface area (Å²) in [7, 11) is 1.80. The van der Waals surface area contributed by atoms with Crippen LogP contribution in [0.15, 0.2) is 72.9 Å². The van der Waals surface area contributed by atoms with E-state index in [4.69, 9.17) is 4.74 Å². The van der Waals surface area contributed by atoms with Crippen LogP contribution >= 0.6 is 12.4 Å². The second-order valence-corrected chi connectivity index (χ2v) is 8.99. The summed E-state index contributed by atoms with van der Waals surface area (Å²) in [6, 6.07) is 21.0. The molecule has 0 radical (unpaired) electrons. The van der Waals surface area contributed by atoms with Gasteiger partial charge in [0.2, 0.25) is 0 Å². The lowest BCUT2D eigenvalue weighted by molar-refractivity contribution is 0.0378. The summed E-state index contributed by atoms with van der Waals surface area (Å²) in [6.07, 6.45) is 1.55. The predicted octanol–water partition coefficient (Wildman–Crippen LogP) is 4.67. The van der Waals surface area contributed by atoms with Crippen LogP contribution in [0.25, 0.3) is 0 Å². The Morgan fingerprint density at radius 3 is 2.25 bits per heavy atom. The third kappa shape index (κ3) is 6.62. The third-order valence-electron chi connectivity index (χ3n) is 6.08. The summed E-state index contributed by atoms with van der Waals surface area (Å²) in [6.45, 7) is 7.81. The topological polar surface area (TPSA) is 66.0 Å². The van der Waals surface area contributed by atoms with Gasteiger partial charge in [-0.1, -0.05) is 30.3 Å². The smallest absolute Gasteiger partial charge is 0.342 e. The molecule has 1 aliphatic heterocycles. The maximum atomic E-state index is 12.7. The number of carbonyl (C=O) groups is 2. The summed E-state index contributed by atoms with van der Waals surface area (Å²) >= 11 is 0. The van der Waals surface area contributed by atoms with Crippen LogP contribution in [-0.2, 0) is 11.3 Å². The van der Waals surface area contributed by atoms with Crippen molar-refractivity contribution in [1.29, 1.82) is 0 Å². The molecule has 0 bridgehead atoms. The zero-order chi connectivity index (χ0) is 24.8. The molecule has 1 fully saturated rings. The van der Waals surface area contributed by atoms with Gasteiger partial charge in [-0.2, -0.15) is 0 Å². The predicted molar refractivity (Wildman–Crippen MR) is 145 cm³/mol. The van der Waals surface area contributed by atoms with Crippen molar-refractivity contribution in [1.82, 2.24) is 9.88 Å². The second-order valence-electron chi connectivity index (χ2n) is 8.99. The fraction of sp³-hybridized carbons (Fsp3) is 0.321. The van der Waals surface area contributed by atoms with Gasteiger partial charge in [0.15, 0.2) is 0 Å². The van der Waals surface area contributed by atoms with Crippen molar-refractivity contribution < 1.29 is 14.3 Å². The third-order valence-corrected chi connectivity index (χ3v) is 6.08. The van der Waals surface area contributed by atoms with Crippen molar-refractivity contribution in [3.63, 3.8) is 0 Å². The highest BCUT2D eigenvalue weighted by Crippen LogP contribution is 2.22. The summed E-state index contributed by atoms with van der Waals surface area (Å²) in [5, 5.41) is 0. The lowest BCUT2D eigenvalue weighted by Gasteiger charge is -2.36. The van der Waals surface area contributed by atoms with Crippen LogP contribution in [0.3, 0.4) is 0 Å². The normalized spacial score (nSPS) is 13.7. The van der Waals surface area contributed by atoms with E-state index in [9.17, 15) is 9.59 Å². The number of nitrogens with zero attached hydrogens (tertiary/aromatic N) is 4. The van der Waals surface area contributed by atoms with E-state index in [1.165, 1.54) is 5.56 Å². The molecule has 0 atom stereocenters. The molecule has 36 heavy (non-hydrogen) atoms. The zero-order valence-electron chi connectivity index (χ0n) is 21.0. The Morgan fingerprint density at radius 2 is 1.61 bits per heavy atom. The van der Waals surface area contributed by atoms with Crippen LogP contribution in [-0.4, -0.2) is 61.1 Å². The van der Waals surface area contributed by atoms with Gasteiger partial charge in [0, 0.05) is 57.2 Å². The van der Waals surface area contributed by atoms with Gasteiger partial charge in [-0.3, -0.25) is 9.69 Å². The molecule has 4 rings (SSSR count). The number of rotatable bonds is 7. The molecule has 0 aliphatic carbocycles. The molecule has 0 spiro atoms. The van der Waals surface area contributed by atoms with Gasteiger partial charge in [0.05, 0.1) is 6.10 Å². The quantitative estimate of drug-likeness (QED) is 0.432. The number of hydrogen-bond donors (Lipinski definition) is 0. The molecule has 2 aromatic carbocycles. The van der Waals surface area contributed by atoms with Crippen LogP contribution in [0.1, 0.15) is 40.1 Å². The van der Waals surface area contributed by atoms with Crippen LogP contribution in [0.5, 0.6) is 0 Å². The van der Waals surface area contributed by atoms with Gasteiger partial charge < -0.3 is 14.5 Å². The Kier molecular flexibility index (Phi) is 9.44. The van der Waals surface area contributed by atoms with E-state index in [1.807, 2.05) is 56.3 Å². The van der Waals surface area contributed by atoms with Gasteiger partial charge in [0.1, 0.15) is 11.4 Å². The molecule has 1 aromatic heterocycles. The number of benzene rings is 2. The van der Waals surface area contributed by atoms with Crippen molar-refractivity contribution in [3.8, 4) is 0 Å². The van der Waals surface area contributed by atoms with Gasteiger partial charge in [-0.25, -0.2) is 9.78 Å². The van der Waals surface area contributed by atoms with Crippen molar-refractivity contribution in [2.75, 3.05) is 43.0 Å². The minimum atomic E-state index is -0.332. The van der Waals surface area contributed by atoms with E-state index in [2.05, 4.69) is 26.9 Å². The summed E-state index contributed by atoms with van der Waals surface area (Å²) in [5.41, 5.74) is 3.25. The first kappa shape index (κ1) is 27.2. The molecule has 1 aliphatic rings. The summed E-state index contributed by atoms with van der Waals surface area (Å²) < 4.78 is 5.39. The lowest BCUT2D eigenvalue weighted by Crippen LogP contribution is -2.46. The monoisotopic (exact) mass is 508 g/mol.